The molecule has 1 amide bonds. The van der Waals surface area contributed by atoms with Crippen LogP contribution in [0.25, 0.3) is 0 Å². The van der Waals surface area contributed by atoms with E-state index in [0.717, 1.165) is 6.07 Å². The zero-order valence-electron chi connectivity index (χ0n) is 9.19. The molecule has 1 fully saturated rings. The third-order valence-electron chi connectivity index (χ3n) is 2.71. The van der Waals surface area contributed by atoms with Gasteiger partial charge in [-0.2, -0.15) is 0 Å². The van der Waals surface area contributed by atoms with Gasteiger partial charge < -0.3 is 10.6 Å². The number of benzene rings is 1. The monoisotopic (exact) mass is 256 g/mol. The number of halogens is 1. The van der Waals surface area contributed by atoms with Crippen molar-refractivity contribution in [3.05, 3.63) is 29.6 Å². The van der Waals surface area contributed by atoms with Crippen LogP contribution < -0.4 is 5.73 Å². The first-order valence-corrected chi connectivity index (χ1v) is 6.76. The molecule has 0 saturated carbocycles. The fraction of sp³-hybridized carbons (Fsp3) is 0.364. The van der Waals surface area contributed by atoms with Crippen molar-refractivity contribution in [1.29, 1.82) is 0 Å². The second-order valence-electron chi connectivity index (χ2n) is 3.87. The number of nitrogens with two attached hydrogens (primary N) is 1. The molecule has 1 saturated heterocycles. The number of carbonyl (C=O) groups is 1. The van der Waals surface area contributed by atoms with Gasteiger partial charge in [-0.25, -0.2) is 4.39 Å². The van der Waals surface area contributed by atoms with E-state index in [1.54, 1.807) is 4.90 Å². The number of rotatable bonds is 1. The average molecular weight is 256 g/mol. The van der Waals surface area contributed by atoms with Crippen LogP contribution in [0.15, 0.2) is 18.2 Å². The summed E-state index contributed by atoms with van der Waals surface area (Å²) in [6.45, 7) is 0.921. The first-order chi connectivity index (χ1) is 8.08. The SMILES string of the molecule is Nc1cc(F)ccc1C(=O)N1CCS(=O)CC1. The van der Waals surface area contributed by atoms with Gasteiger partial charge in [-0.05, 0) is 18.2 Å². The minimum Gasteiger partial charge on any atom is -0.398 e. The van der Waals surface area contributed by atoms with Gasteiger partial charge >= 0.3 is 0 Å². The number of anilines is 1. The van der Waals surface area contributed by atoms with Gasteiger partial charge in [0.25, 0.3) is 5.91 Å². The lowest BCUT2D eigenvalue weighted by Crippen LogP contribution is -2.42. The number of amides is 1. The Morgan fingerprint density at radius 3 is 2.59 bits per heavy atom. The number of carbonyl (C=O) groups excluding carboxylic acids is 1. The lowest BCUT2D eigenvalue weighted by molar-refractivity contribution is 0.0772. The van der Waals surface area contributed by atoms with Gasteiger partial charge in [0.2, 0.25) is 0 Å². The molecule has 0 radical (unpaired) electrons. The normalized spacial score (nSPS) is 17.1. The fourth-order valence-corrected chi connectivity index (χ4v) is 2.79. The smallest absolute Gasteiger partial charge is 0.256 e. The summed E-state index contributed by atoms with van der Waals surface area (Å²) in [5.41, 5.74) is 6.05. The first kappa shape index (κ1) is 12.0. The Kier molecular flexibility index (Phi) is 3.42. The minimum absolute atomic E-state index is 0.140. The summed E-state index contributed by atoms with van der Waals surface area (Å²) in [6, 6.07) is 3.74. The Morgan fingerprint density at radius 2 is 2.00 bits per heavy atom. The summed E-state index contributed by atoms with van der Waals surface area (Å²) >= 11 is 0. The van der Waals surface area contributed by atoms with Gasteiger partial charge in [0.05, 0.1) is 5.56 Å². The van der Waals surface area contributed by atoms with Crippen molar-refractivity contribution in [3.63, 3.8) is 0 Å². The van der Waals surface area contributed by atoms with Crippen molar-refractivity contribution in [3.8, 4) is 0 Å². The minimum atomic E-state index is -0.828. The van der Waals surface area contributed by atoms with E-state index in [4.69, 9.17) is 5.73 Å². The predicted molar refractivity (Wildman–Crippen MR) is 64.6 cm³/mol. The highest BCUT2D eigenvalue weighted by Crippen LogP contribution is 2.16. The highest BCUT2D eigenvalue weighted by Gasteiger charge is 2.22. The highest BCUT2D eigenvalue weighted by atomic mass is 32.2. The van der Waals surface area contributed by atoms with E-state index in [9.17, 15) is 13.4 Å². The third kappa shape index (κ3) is 2.63. The van der Waals surface area contributed by atoms with E-state index in [2.05, 4.69) is 0 Å². The molecule has 0 aromatic heterocycles. The van der Waals surface area contributed by atoms with Gasteiger partial charge in [-0.3, -0.25) is 9.00 Å². The Morgan fingerprint density at radius 1 is 1.35 bits per heavy atom. The molecule has 0 unspecified atom stereocenters. The summed E-state index contributed by atoms with van der Waals surface area (Å²) in [5.74, 6) is 0.303. The van der Waals surface area contributed by atoms with Crippen molar-refractivity contribution < 1.29 is 13.4 Å². The van der Waals surface area contributed by atoms with Crippen molar-refractivity contribution in [2.24, 2.45) is 0 Å². The van der Waals surface area contributed by atoms with Gasteiger partial charge in [-0.1, -0.05) is 0 Å². The van der Waals surface area contributed by atoms with Gasteiger partial charge in [-0.15, -0.1) is 0 Å². The summed E-state index contributed by atoms with van der Waals surface area (Å²) in [7, 11) is -0.828. The van der Waals surface area contributed by atoms with Crippen LogP contribution in [0.4, 0.5) is 10.1 Å². The van der Waals surface area contributed by atoms with Crippen LogP contribution in [0.3, 0.4) is 0 Å². The molecule has 6 heteroatoms. The standard InChI is InChI=1S/C11H13FN2O2S/c12-8-1-2-9(10(13)7-8)11(15)14-3-5-17(16)6-4-14/h1-2,7H,3-6,13H2. The van der Waals surface area contributed by atoms with E-state index >= 15 is 0 Å². The van der Waals surface area contributed by atoms with Gasteiger partial charge in [0, 0.05) is 41.1 Å². The van der Waals surface area contributed by atoms with E-state index in [-0.39, 0.29) is 11.6 Å². The molecule has 0 atom stereocenters. The maximum atomic E-state index is 12.9. The van der Waals surface area contributed by atoms with Crippen molar-refractivity contribution >= 4 is 22.4 Å². The lowest BCUT2D eigenvalue weighted by atomic mass is 10.1. The molecule has 1 aromatic rings. The summed E-state index contributed by atoms with van der Waals surface area (Å²) in [6.07, 6.45) is 0. The molecule has 1 aliphatic heterocycles. The zero-order chi connectivity index (χ0) is 12.4. The Labute approximate surface area is 101 Å². The van der Waals surface area contributed by atoms with Crippen molar-refractivity contribution in [1.82, 2.24) is 4.90 Å². The quantitative estimate of drug-likeness (QED) is 0.749. The molecule has 2 rings (SSSR count). The third-order valence-corrected chi connectivity index (χ3v) is 3.98. The number of nitrogens with zero attached hydrogens (tertiary/aromatic N) is 1. The largest absolute Gasteiger partial charge is 0.398 e. The number of hydrogen-bond donors (Lipinski definition) is 1. The second kappa shape index (κ2) is 4.83. The molecule has 1 heterocycles. The first-order valence-electron chi connectivity index (χ1n) is 5.27. The second-order valence-corrected chi connectivity index (χ2v) is 5.57. The maximum Gasteiger partial charge on any atom is 0.256 e. The topological polar surface area (TPSA) is 63.4 Å². The molecule has 4 nitrogen and oxygen atoms in total. The molecule has 0 bridgehead atoms. The number of nitrogen functional groups attached to an aromatic ring is 1. The Bertz CT molecular complexity index is 469. The predicted octanol–water partition coefficient (Wildman–Crippen LogP) is 0.612. The average Bonchev–Trinajstić information content (AvgIpc) is 2.29. The van der Waals surface area contributed by atoms with Crippen molar-refractivity contribution in [2.45, 2.75) is 0 Å². The van der Waals surface area contributed by atoms with Crippen LogP contribution >= 0.6 is 0 Å². The van der Waals surface area contributed by atoms with Crippen LogP contribution in [0.1, 0.15) is 10.4 Å². The van der Waals surface area contributed by atoms with Crippen LogP contribution in [0.2, 0.25) is 0 Å². The van der Waals surface area contributed by atoms with Crippen molar-refractivity contribution in [2.75, 3.05) is 30.3 Å². The fourth-order valence-electron chi connectivity index (χ4n) is 1.74. The maximum absolute atomic E-state index is 12.9. The van der Waals surface area contributed by atoms with Crippen LogP contribution in [-0.4, -0.2) is 39.6 Å². The molecular weight excluding hydrogens is 243 g/mol. The summed E-state index contributed by atoms with van der Waals surface area (Å²) in [5, 5.41) is 0. The van der Waals surface area contributed by atoms with Crippen LogP contribution in [0.5, 0.6) is 0 Å². The van der Waals surface area contributed by atoms with Crippen LogP contribution in [0, 0.1) is 5.82 Å². The zero-order valence-corrected chi connectivity index (χ0v) is 10.0. The Balaban J connectivity index is 2.16. The number of hydrogen-bond acceptors (Lipinski definition) is 3. The summed E-state index contributed by atoms with van der Waals surface area (Å²) in [4.78, 5) is 13.7. The molecule has 17 heavy (non-hydrogen) atoms. The highest BCUT2D eigenvalue weighted by molar-refractivity contribution is 7.85. The van der Waals surface area contributed by atoms with E-state index in [0.29, 0.717) is 30.2 Å². The molecule has 2 N–H and O–H groups in total. The molecular formula is C11H13FN2O2S. The van der Waals surface area contributed by atoms with Crippen LogP contribution in [-0.2, 0) is 10.8 Å². The molecule has 1 aliphatic rings. The molecule has 92 valence electrons. The van der Waals surface area contributed by atoms with E-state index < -0.39 is 16.6 Å². The molecule has 0 spiro atoms. The molecule has 1 aromatic carbocycles. The van der Waals surface area contributed by atoms with Gasteiger partial charge in [0.15, 0.2) is 0 Å². The summed E-state index contributed by atoms with van der Waals surface area (Å²) < 4.78 is 24.0. The molecule has 0 aliphatic carbocycles. The van der Waals surface area contributed by atoms with E-state index in [1.807, 2.05) is 0 Å². The van der Waals surface area contributed by atoms with E-state index in [1.165, 1.54) is 12.1 Å². The lowest BCUT2D eigenvalue weighted by Gasteiger charge is -2.26. The Hall–Kier alpha value is -1.43. The van der Waals surface area contributed by atoms with Gasteiger partial charge in [0.1, 0.15) is 5.82 Å².